The van der Waals surface area contributed by atoms with Crippen molar-refractivity contribution in [3.05, 3.63) is 120 Å². The molecule has 0 spiro atoms. The van der Waals surface area contributed by atoms with Crippen molar-refractivity contribution in [2.75, 3.05) is 13.1 Å². The number of aromatic nitrogens is 4. The molecule has 0 aliphatic carbocycles. The molecule has 2 aromatic heterocycles. The standard InChI is InChI=1S/C32H28N6/c1-3-11-25(23(9-1)21-33-19-17-31-35-27-13-5-6-14-28(27)36-31)26-12-4-2-10-24(26)22-34-20-18-32-37-29-15-7-8-16-30(29)38-32/h1-16,21-22H,17-20H2,(H,35,36)(H,37,38). The van der Waals surface area contributed by atoms with Gasteiger partial charge in [0.2, 0.25) is 0 Å². The van der Waals surface area contributed by atoms with Crippen molar-refractivity contribution in [3.8, 4) is 11.1 Å². The predicted molar refractivity (Wildman–Crippen MR) is 156 cm³/mol. The second kappa shape index (κ2) is 11.0. The highest BCUT2D eigenvalue weighted by molar-refractivity contribution is 5.97. The Morgan fingerprint density at radius 1 is 0.526 bits per heavy atom. The summed E-state index contributed by atoms with van der Waals surface area (Å²) in [6, 6.07) is 32.9. The van der Waals surface area contributed by atoms with Crippen LogP contribution in [0.4, 0.5) is 0 Å². The Hall–Kier alpha value is -4.84. The van der Waals surface area contributed by atoms with Crippen LogP contribution < -0.4 is 0 Å². The van der Waals surface area contributed by atoms with Gasteiger partial charge in [0.15, 0.2) is 0 Å². The molecule has 0 bridgehead atoms. The number of fused-ring (bicyclic) bond motifs is 2. The van der Waals surface area contributed by atoms with E-state index in [9.17, 15) is 0 Å². The van der Waals surface area contributed by atoms with Crippen molar-refractivity contribution in [1.82, 2.24) is 19.9 Å². The van der Waals surface area contributed by atoms with Crippen LogP contribution in [0.3, 0.4) is 0 Å². The van der Waals surface area contributed by atoms with E-state index in [0.717, 1.165) is 68.8 Å². The fourth-order valence-electron chi connectivity index (χ4n) is 4.62. The summed E-state index contributed by atoms with van der Waals surface area (Å²) < 4.78 is 0. The number of hydrogen-bond donors (Lipinski definition) is 2. The van der Waals surface area contributed by atoms with E-state index in [1.165, 1.54) is 0 Å². The van der Waals surface area contributed by atoms with Crippen molar-refractivity contribution in [2.24, 2.45) is 9.98 Å². The molecule has 2 heterocycles. The van der Waals surface area contributed by atoms with Gasteiger partial charge in [0.25, 0.3) is 0 Å². The maximum atomic E-state index is 4.72. The van der Waals surface area contributed by atoms with Crippen LogP contribution in [-0.4, -0.2) is 45.5 Å². The lowest BCUT2D eigenvalue weighted by Crippen LogP contribution is -1.96. The molecular formula is C32H28N6. The molecule has 0 atom stereocenters. The molecule has 0 amide bonds. The second-order valence-electron chi connectivity index (χ2n) is 9.15. The van der Waals surface area contributed by atoms with Crippen LogP contribution in [0.25, 0.3) is 33.2 Å². The normalized spacial score (nSPS) is 11.9. The zero-order valence-electron chi connectivity index (χ0n) is 21.0. The maximum absolute atomic E-state index is 4.72. The van der Waals surface area contributed by atoms with Crippen LogP contribution in [0, 0.1) is 0 Å². The molecule has 6 rings (SSSR count). The lowest BCUT2D eigenvalue weighted by atomic mass is 9.96. The highest BCUT2D eigenvalue weighted by Gasteiger charge is 2.07. The summed E-state index contributed by atoms with van der Waals surface area (Å²) in [5.41, 5.74) is 8.56. The Labute approximate surface area is 221 Å². The Bertz CT molecular complexity index is 1540. The minimum absolute atomic E-state index is 0.666. The van der Waals surface area contributed by atoms with Crippen LogP contribution in [0.1, 0.15) is 22.8 Å². The number of para-hydroxylation sites is 4. The SMILES string of the molecule is C(=NCCc1nc2ccccc2[nH]1)c1ccccc1-c1ccccc1C=NCCc1nc2ccccc2[nH]1. The average molecular weight is 497 g/mol. The summed E-state index contributed by atoms with van der Waals surface area (Å²) in [4.78, 5) is 25.5. The monoisotopic (exact) mass is 496 g/mol. The first-order valence-electron chi connectivity index (χ1n) is 12.9. The van der Waals surface area contributed by atoms with Gasteiger partial charge < -0.3 is 9.97 Å². The average Bonchev–Trinajstić information content (AvgIpc) is 3.57. The van der Waals surface area contributed by atoms with E-state index in [0.29, 0.717) is 13.1 Å². The molecule has 4 aromatic carbocycles. The van der Waals surface area contributed by atoms with Gasteiger partial charge in [0.05, 0.1) is 22.1 Å². The van der Waals surface area contributed by atoms with Crippen LogP contribution in [-0.2, 0) is 12.8 Å². The molecule has 0 saturated heterocycles. The van der Waals surface area contributed by atoms with Crippen LogP contribution in [0.2, 0.25) is 0 Å². The molecule has 0 fully saturated rings. The molecule has 0 saturated carbocycles. The Balaban J connectivity index is 1.14. The molecule has 0 radical (unpaired) electrons. The van der Waals surface area contributed by atoms with Crippen molar-refractivity contribution in [1.29, 1.82) is 0 Å². The van der Waals surface area contributed by atoms with E-state index in [2.05, 4.69) is 56.3 Å². The second-order valence-corrected chi connectivity index (χ2v) is 9.15. The smallest absolute Gasteiger partial charge is 0.109 e. The molecule has 6 nitrogen and oxygen atoms in total. The molecule has 38 heavy (non-hydrogen) atoms. The Kier molecular flexibility index (Phi) is 6.85. The molecular weight excluding hydrogens is 468 g/mol. The van der Waals surface area contributed by atoms with E-state index in [1.807, 2.05) is 73.1 Å². The van der Waals surface area contributed by atoms with Gasteiger partial charge in [0, 0.05) is 49.5 Å². The maximum Gasteiger partial charge on any atom is 0.109 e. The molecule has 6 aromatic rings. The van der Waals surface area contributed by atoms with Gasteiger partial charge >= 0.3 is 0 Å². The van der Waals surface area contributed by atoms with Gasteiger partial charge in [-0.25, -0.2) is 9.97 Å². The number of benzene rings is 4. The number of H-pyrrole nitrogens is 2. The molecule has 6 heteroatoms. The van der Waals surface area contributed by atoms with Crippen molar-refractivity contribution in [3.63, 3.8) is 0 Å². The van der Waals surface area contributed by atoms with Gasteiger partial charge in [0.1, 0.15) is 11.6 Å². The summed E-state index contributed by atoms with van der Waals surface area (Å²) in [5, 5.41) is 0. The van der Waals surface area contributed by atoms with E-state index in [-0.39, 0.29) is 0 Å². The quantitative estimate of drug-likeness (QED) is 0.226. The third-order valence-electron chi connectivity index (χ3n) is 6.50. The van der Waals surface area contributed by atoms with E-state index >= 15 is 0 Å². The highest BCUT2D eigenvalue weighted by Crippen LogP contribution is 2.25. The van der Waals surface area contributed by atoms with E-state index < -0.39 is 0 Å². The lowest BCUT2D eigenvalue weighted by molar-refractivity contribution is 0.903. The first-order valence-corrected chi connectivity index (χ1v) is 12.9. The van der Waals surface area contributed by atoms with Gasteiger partial charge in [-0.1, -0.05) is 72.8 Å². The fraction of sp³-hybridized carbons (Fsp3) is 0.125. The molecule has 0 aliphatic heterocycles. The summed E-state index contributed by atoms with van der Waals surface area (Å²) in [6.07, 6.45) is 5.46. The zero-order valence-corrected chi connectivity index (χ0v) is 21.0. The van der Waals surface area contributed by atoms with Gasteiger partial charge in [-0.3, -0.25) is 9.98 Å². The van der Waals surface area contributed by atoms with Crippen molar-refractivity contribution < 1.29 is 0 Å². The Morgan fingerprint density at radius 3 is 1.42 bits per heavy atom. The molecule has 0 unspecified atom stereocenters. The zero-order chi connectivity index (χ0) is 25.6. The summed E-state index contributed by atoms with van der Waals surface area (Å²) >= 11 is 0. The van der Waals surface area contributed by atoms with E-state index in [4.69, 9.17) is 9.98 Å². The molecule has 2 N–H and O–H groups in total. The first kappa shape index (κ1) is 23.6. The summed E-state index contributed by atoms with van der Waals surface area (Å²) in [6.45, 7) is 1.33. The number of imidazole rings is 2. The number of hydrogen-bond acceptors (Lipinski definition) is 4. The number of nitrogens with zero attached hydrogens (tertiary/aromatic N) is 4. The fourth-order valence-corrected chi connectivity index (χ4v) is 4.62. The summed E-state index contributed by atoms with van der Waals surface area (Å²) in [5.74, 6) is 1.92. The van der Waals surface area contributed by atoms with Gasteiger partial charge in [-0.05, 0) is 35.4 Å². The largest absolute Gasteiger partial charge is 0.342 e. The number of nitrogens with one attached hydrogen (secondary N) is 2. The van der Waals surface area contributed by atoms with Gasteiger partial charge in [-0.2, -0.15) is 0 Å². The topological polar surface area (TPSA) is 82.1 Å². The first-order chi connectivity index (χ1) is 18.8. The minimum Gasteiger partial charge on any atom is -0.342 e. The highest BCUT2D eigenvalue weighted by atomic mass is 14.9. The number of aliphatic imine (C=N–C) groups is 2. The van der Waals surface area contributed by atoms with Crippen molar-refractivity contribution in [2.45, 2.75) is 12.8 Å². The van der Waals surface area contributed by atoms with Crippen LogP contribution >= 0.6 is 0 Å². The van der Waals surface area contributed by atoms with Gasteiger partial charge in [-0.15, -0.1) is 0 Å². The van der Waals surface area contributed by atoms with Crippen LogP contribution in [0.15, 0.2) is 107 Å². The number of rotatable bonds is 9. The van der Waals surface area contributed by atoms with E-state index in [1.54, 1.807) is 0 Å². The van der Waals surface area contributed by atoms with Crippen LogP contribution in [0.5, 0.6) is 0 Å². The lowest BCUT2D eigenvalue weighted by Gasteiger charge is -2.09. The Morgan fingerprint density at radius 2 is 0.947 bits per heavy atom. The predicted octanol–water partition coefficient (Wildman–Crippen LogP) is 6.43. The third kappa shape index (κ3) is 5.30. The third-order valence-corrected chi connectivity index (χ3v) is 6.50. The minimum atomic E-state index is 0.666. The van der Waals surface area contributed by atoms with Crippen molar-refractivity contribution >= 4 is 34.5 Å². The molecule has 0 aliphatic rings. The molecule has 186 valence electrons. The number of aromatic amines is 2. The summed E-state index contributed by atoms with van der Waals surface area (Å²) in [7, 11) is 0.